The average molecular weight is 318 g/mol. The van der Waals surface area contributed by atoms with E-state index in [0.29, 0.717) is 6.04 Å². The Morgan fingerprint density at radius 2 is 2.19 bits per heavy atom. The van der Waals surface area contributed by atoms with Crippen molar-refractivity contribution in [3.8, 4) is 9.88 Å². The lowest BCUT2D eigenvalue weighted by Crippen LogP contribution is -2.14. The van der Waals surface area contributed by atoms with Crippen LogP contribution < -0.4 is 5.32 Å². The van der Waals surface area contributed by atoms with Crippen molar-refractivity contribution < 1.29 is 0 Å². The maximum atomic E-state index is 4.24. The minimum Gasteiger partial charge on any atom is -0.311 e. The Hall–Kier alpha value is -0.300. The van der Waals surface area contributed by atoms with Crippen LogP contribution in [0.15, 0.2) is 15.9 Å². The fourth-order valence-corrected chi connectivity index (χ4v) is 3.88. The van der Waals surface area contributed by atoms with E-state index in [4.69, 9.17) is 0 Å². The van der Waals surface area contributed by atoms with Gasteiger partial charge in [0.15, 0.2) is 5.01 Å². The first-order chi connectivity index (χ1) is 7.74. The summed E-state index contributed by atoms with van der Waals surface area (Å²) in [6.07, 6.45) is 1.03. The van der Waals surface area contributed by atoms with Crippen LogP contribution in [0, 0.1) is 0 Å². The van der Waals surface area contributed by atoms with E-state index in [1.54, 1.807) is 22.7 Å². The number of halogens is 1. The predicted octanol–water partition coefficient (Wildman–Crippen LogP) is 3.70. The molecule has 0 amide bonds. The van der Waals surface area contributed by atoms with E-state index in [9.17, 15) is 0 Å². The minimum atomic E-state index is 0.314. The molecule has 0 aliphatic carbocycles. The Bertz CT molecular complexity index is 462. The van der Waals surface area contributed by atoms with E-state index in [2.05, 4.69) is 44.4 Å². The second-order valence-electron chi connectivity index (χ2n) is 3.30. The lowest BCUT2D eigenvalue weighted by molar-refractivity contribution is 0.568. The predicted molar refractivity (Wildman–Crippen MR) is 73.0 cm³/mol. The van der Waals surface area contributed by atoms with Crippen LogP contribution in [0.2, 0.25) is 0 Å². The number of nitrogens with zero attached hydrogens (tertiary/aromatic N) is 2. The molecule has 0 spiro atoms. The third-order valence-electron chi connectivity index (χ3n) is 2.28. The summed E-state index contributed by atoms with van der Waals surface area (Å²) in [4.78, 5) is 1.17. The van der Waals surface area contributed by atoms with Crippen molar-refractivity contribution in [1.29, 1.82) is 0 Å². The first-order valence-corrected chi connectivity index (χ1v) is 7.43. The Labute approximate surface area is 111 Å². The first-order valence-electron chi connectivity index (χ1n) is 5.01. The monoisotopic (exact) mass is 317 g/mol. The molecular weight excluding hydrogens is 306 g/mol. The molecule has 2 rings (SSSR count). The number of hydrogen-bond donors (Lipinski definition) is 1. The maximum absolute atomic E-state index is 4.24. The van der Waals surface area contributed by atoms with Gasteiger partial charge in [0.25, 0.3) is 0 Å². The van der Waals surface area contributed by atoms with E-state index in [1.807, 2.05) is 13.1 Å². The van der Waals surface area contributed by atoms with Gasteiger partial charge in [0.05, 0.1) is 14.7 Å². The Kier molecular flexibility index (Phi) is 4.07. The van der Waals surface area contributed by atoms with Crippen molar-refractivity contribution in [2.75, 3.05) is 7.05 Å². The molecule has 0 bridgehead atoms. The molecule has 0 saturated carbocycles. The fraction of sp³-hybridized carbons (Fsp3) is 0.400. The van der Waals surface area contributed by atoms with Crippen molar-refractivity contribution in [2.24, 2.45) is 0 Å². The summed E-state index contributed by atoms with van der Waals surface area (Å²) >= 11 is 6.80. The normalized spacial score (nSPS) is 12.9. The second-order valence-corrected chi connectivity index (χ2v) is 6.77. The summed E-state index contributed by atoms with van der Waals surface area (Å²) in [5.41, 5.74) is 0. The lowest BCUT2D eigenvalue weighted by atomic mass is 10.2. The molecule has 16 heavy (non-hydrogen) atoms. The van der Waals surface area contributed by atoms with Gasteiger partial charge in [-0.1, -0.05) is 18.3 Å². The van der Waals surface area contributed by atoms with Gasteiger partial charge in [-0.05, 0) is 41.5 Å². The maximum Gasteiger partial charge on any atom is 0.157 e. The number of nitrogens with one attached hydrogen (secondary N) is 1. The highest BCUT2D eigenvalue weighted by atomic mass is 79.9. The number of hydrogen-bond acceptors (Lipinski definition) is 5. The molecule has 3 nitrogen and oxygen atoms in total. The molecule has 0 saturated heterocycles. The first kappa shape index (κ1) is 12.2. The quantitative estimate of drug-likeness (QED) is 0.934. The van der Waals surface area contributed by atoms with Crippen LogP contribution in [-0.2, 0) is 0 Å². The Balaban J connectivity index is 2.25. The zero-order valence-corrected chi connectivity index (χ0v) is 12.2. The van der Waals surface area contributed by atoms with Gasteiger partial charge >= 0.3 is 0 Å². The van der Waals surface area contributed by atoms with E-state index in [-0.39, 0.29) is 0 Å². The summed E-state index contributed by atoms with van der Waals surface area (Å²) in [7, 11) is 1.96. The van der Waals surface area contributed by atoms with Crippen LogP contribution >= 0.6 is 38.6 Å². The standard InChI is InChI=1S/C10H12BrN3S2/c1-3-6(12-2)9-13-14-10(16-9)7-4-5-8(11)15-7/h4-6,12H,3H2,1-2H3. The summed E-state index contributed by atoms with van der Waals surface area (Å²) < 4.78 is 1.12. The zero-order valence-electron chi connectivity index (χ0n) is 9.03. The van der Waals surface area contributed by atoms with Crippen LogP contribution in [0.4, 0.5) is 0 Å². The summed E-state index contributed by atoms with van der Waals surface area (Å²) in [6, 6.07) is 4.42. The van der Waals surface area contributed by atoms with Gasteiger partial charge in [-0.15, -0.1) is 21.5 Å². The SMILES string of the molecule is CCC(NC)c1nnc(-c2ccc(Br)s2)s1. The van der Waals surface area contributed by atoms with Crippen LogP contribution in [0.3, 0.4) is 0 Å². The highest BCUT2D eigenvalue weighted by Gasteiger charge is 2.14. The van der Waals surface area contributed by atoms with E-state index >= 15 is 0 Å². The smallest absolute Gasteiger partial charge is 0.157 e. The minimum absolute atomic E-state index is 0.314. The summed E-state index contributed by atoms with van der Waals surface area (Å²) in [5.74, 6) is 0. The number of aromatic nitrogens is 2. The van der Waals surface area contributed by atoms with E-state index < -0.39 is 0 Å². The Morgan fingerprint density at radius 1 is 1.38 bits per heavy atom. The lowest BCUT2D eigenvalue weighted by Gasteiger charge is -2.07. The molecule has 6 heteroatoms. The number of thiophene rings is 1. The molecule has 2 aromatic rings. The van der Waals surface area contributed by atoms with Gasteiger partial charge in [-0.3, -0.25) is 0 Å². The molecule has 0 fully saturated rings. The second kappa shape index (κ2) is 5.35. The van der Waals surface area contributed by atoms with E-state index in [0.717, 1.165) is 20.2 Å². The highest BCUT2D eigenvalue weighted by Crippen LogP contribution is 2.34. The number of rotatable bonds is 4. The van der Waals surface area contributed by atoms with Crippen LogP contribution in [-0.4, -0.2) is 17.2 Å². The van der Waals surface area contributed by atoms with E-state index in [1.165, 1.54) is 4.88 Å². The van der Waals surface area contributed by atoms with Crippen molar-refractivity contribution in [3.63, 3.8) is 0 Å². The molecule has 0 aliphatic rings. The van der Waals surface area contributed by atoms with Gasteiger partial charge < -0.3 is 5.32 Å². The average Bonchev–Trinajstić information content (AvgIpc) is 2.89. The summed E-state index contributed by atoms with van der Waals surface area (Å²) in [6.45, 7) is 2.14. The Morgan fingerprint density at radius 3 is 2.75 bits per heavy atom. The fourth-order valence-electron chi connectivity index (χ4n) is 1.41. The third-order valence-corrected chi connectivity index (χ3v) is 5.11. The third kappa shape index (κ3) is 2.51. The summed E-state index contributed by atoms with van der Waals surface area (Å²) in [5, 5.41) is 13.8. The molecule has 0 radical (unpaired) electrons. The van der Waals surface area contributed by atoms with Crippen molar-refractivity contribution in [1.82, 2.24) is 15.5 Å². The van der Waals surface area contributed by atoms with Crippen LogP contribution in [0.25, 0.3) is 9.88 Å². The van der Waals surface area contributed by atoms with Gasteiger partial charge in [0.1, 0.15) is 5.01 Å². The molecule has 1 atom stereocenters. The van der Waals surface area contributed by atoms with Crippen molar-refractivity contribution in [3.05, 3.63) is 20.9 Å². The molecule has 0 aromatic carbocycles. The van der Waals surface area contributed by atoms with Crippen LogP contribution in [0.5, 0.6) is 0 Å². The van der Waals surface area contributed by atoms with Gasteiger partial charge in [-0.25, -0.2) is 0 Å². The van der Waals surface area contributed by atoms with Crippen molar-refractivity contribution in [2.45, 2.75) is 19.4 Å². The topological polar surface area (TPSA) is 37.8 Å². The molecule has 1 N–H and O–H groups in total. The van der Waals surface area contributed by atoms with Gasteiger partial charge in [0.2, 0.25) is 0 Å². The van der Waals surface area contributed by atoms with Crippen molar-refractivity contribution >= 4 is 38.6 Å². The van der Waals surface area contributed by atoms with Crippen LogP contribution in [0.1, 0.15) is 24.4 Å². The zero-order chi connectivity index (χ0) is 11.5. The highest BCUT2D eigenvalue weighted by molar-refractivity contribution is 9.11. The molecule has 0 aliphatic heterocycles. The molecule has 1 unspecified atom stereocenters. The largest absolute Gasteiger partial charge is 0.311 e. The molecule has 2 aromatic heterocycles. The van der Waals surface area contributed by atoms with Gasteiger partial charge in [0, 0.05) is 0 Å². The molecule has 86 valence electrons. The van der Waals surface area contributed by atoms with Gasteiger partial charge in [-0.2, -0.15) is 0 Å². The molecular formula is C10H12BrN3S2. The molecule has 2 heterocycles.